The molecule has 0 saturated carbocycles. The summed E-state index contributed by atoms with van der Waals surface area (Å²) in [5.74, 6) is 1.05. The van der Waals surface area contributed by atoms with Crippen molar-refractivity contribution in [3.8, 4) is 5.75 Å². The highest BCUT2D eigenvalue weighted by Gasteiger charge is 2.24. The fourth-order valence-electron chi connectivity index (χ4n) is 4.13. The highest BCUT2D eigenvalue weighted by molar-refractivity contribution is 5.73. The second kappa shape index (κ2) is 9.42. The molecule has 0 bridgehead atoms. The molecule has 2 aliphatic heterocycles. The van der Waals surface area contributed by atoms with Gasteiger partial charge in [0.2, 0.25) is 5.91 Å². The minimum Gasteiger partial charge on any atom is -0.490 e. The average Bonchev–Trinajstić information content (AvgIpc) is 2.76. The molecule has 0 unspecified atom stereocenters. The lowest BCUT2D eigenvalue weighted by Crippen LogP contribution is -2.40. The van der Waals surface area contributed by atoms with Gasteiger partial charge in [-0.1, -0.05) is 42.5 Å². The first kappa shape index (κ1) is 19.9. The van der Waals surface area contributed by atoms with Crippen molar-refractivity contribution in [3.05, 3.63) is 65.7 Å². The molecule has 4 rings (SSSR count). The Labute approximate surface area is 173 Å². The second-order valence-corrected chi connectivity index (χ2v) is 7.97. The topological polar surface area (TPSA) is 42.0 Å². The van der Waals surface area contributed by atoms with Crippen LogP contribution in [0.5, 0.6) is 5.75 Å². The summed E-state index contributed by atoms with van der Waals surface area (Å²) in [5.41, 5.74) is 2.54. The quantitative estimate of drug-likeness (QED) is 0.776. The molecule has 0 radical (unpaired) electrons. The van der Waals surface area contributed by atoms with E-state index in [4.69, 9.17) is 9.47 Å². The standard InChI is InChI=1S/C24H30N2O3/c1-19(27)26-13-11-23(12-14-26)29-22-9-7-21(8-10-22)24-18-25(15-16-28-24)17-20-5-3-2-4-6-20/h2-10,23-24H,11-18H2,1H3/t24-/m1/s1. The Balaban J connectivity index is 1.30. The fraction of sp³-hybridized carbons (Fsp3) is 0.458. The Bertz CT molecular complexity index is 786. The van der Waals surface area contributed by atoms with E-state index in [2.05, 4.69) is 47.4 Å². The smallest absolute Gasteiger partial charge is 0.219 e. The largest absolute Gasteiger partial charge is 0.490 e. The molecule has 2 heterocycles. The Morgan fingerprint density at radius 3 is 2.45 bits per heavy atom. The summed E-state index contributed by atoms with van der Waals surface area (Å²) in [6.07, 6.45) is 2.06. The van der Waals surface area contributed by atoms with Crippen molar-refractivity contribution in [2.45, 2.75) is 38.5 Å². The third-order valence-electron chi connectivity index (χ3n) is 5.84. The zero-order valence-corrected chi connectivity index (χ0v) is 17.1. The van der Waals surface area contributed by atoms with Crippen LogP contribution in [0.3, 0.4) is 0 Å². The van der Waals surface area contributed by atoms with Gasteiger partial charge in [0.25, 0.3) is 0 Å². The van der Waals surface area contributed by atoms with Crippen LogP contribution in [-0.2, 0) is 16.1 Å². The van der Waals surface area contributed by atoms with Crippen molar-refractivity contribution in [2.75, 3.05) is 32.8 Å². The summed E-state index contributed by atoms with van der Waals surface area (Å²) in [7, 11) is 0. The Morgan fingerprint density at radius 2 is 1.76 bits per heavy atom. The van der Waals surface area contributed by atoms with Crippen LogP contribution in [0, 0.1) is 0 Å². The minimum absolute atomic E-state index is 0.0975. The summed E-state index contributed by atoms with van der Waals surface area (Å²) in [4.78, 5) is 15.8. The summed E-state index contributed by atoms with van der Waals surface area (Å²) in [6.45, 7) is 6.78. The summed E-state index contributed by atoms with van der Waals surface area (Å²) >= 11 is 0. The van der Waals surface area contributed by atoms with E-state index in [1.165, 1.54) is 11.1 Å². The van der Waals surface area contributed by atoms with Crippen molar-refractivity contribution in [1.82, 2.24) is 9.80 Å². The third kappa shape index (κ3) is 5.37. The van der Waals surface area contributed by atoms with Crippen LogP contribution >= 0.6 is 0 Å². The van der Waals surface area contributed by atoms with Gasteiger partial charge in [-0.2, -0.15) is 0 Å². The number of ether oxygens (including phenoxy) is 2. The SMILES string of the molecule is CC(=O)N1CCC(Oc2ccc([C@H]3CN(Cc4ccccc4)CCO3)cc2)CC1. The molecule has 29 heavy (non-hydrogen) atoms. The Kier molecular flexibility index (Phi) is 6.47. The molecule has 0 N–H and O–H groups in total. The maximum atomic E-state index is 11.4. The molecule has 2 saturated heterocycles. The van der Waals surface area contributed by atoms with Crippen LogP contribution in [0.25, 0.3) is 0 Å². The van der Waals surface area contributed by atoms with Crippen LogP contribution in [0.2, 0.25) is 0 Å². The van der Waals surface area contributed by atoms with E-state index >= 15 is 0 Å². The van der Waals surface area contributed by atoms with Crippen LogP contribution in [-0.4, -0.2) is 54.6 Å². The number of morpholine rings is 1. The summed E-state index contributed by atoms with van der Waals surface area (Å²) in [6, 6.07) is 18.9. The summed E-state index contributed by atoms with van der Waals surface area (Å²) < 4.78 is 12.2. The van der Waals surface area contributed by atoms with E-state index in [-0.39, 0.29) is 18.1 Å². The van der Waals surface area contributed by atoms with E-state index in [0.717, 1.165) is 57.9 Å². The number of benzene rings is 2. The molecular weight excluding hydrogens is 364 g/mol. The van der Waals surface area contributed by atoms with E-state index in [1.54, 1.807) is 6.92 Å². The molecule has 2 aromatic carbocycles. The molecule has 5 nitrogen and oxygen atoms in total. The second-order valence-electron chi connectivity index (χ2n) is 7.97. The number of rotatable bonds is 5. The van der Waals surface area contributed by atoms with Gasteiger partial charge >= 0.3 is 0 Å². The minimum atomic E-state index is 0.0975. The molecule has 2 aliphatic rings. The first-order valence-corrected chi connectivity index (χ1v) is 10.6. The van der Waals surface area contributed by atoms with Gasteiger partial charge in [-0.05, 0) is 23.3 Å². The molecule has 0 aromatic heterocycles. The number of nitrogens with zero attached hydrogens (tertiary/aromatic N) is 2. The van der Waals surface area contributed by atoms with Gasteiger partial charge in [0.1, 0.15) is 11.9 Å². The lowest BCUT2D eigenvalue weighted by atomic mass is 10.1. The highest BCUT2D eigenvalue weighted by Crippen LogP contribution is 2.26. The predicted octanol–water partition coefficient (Wildman–Crippen LogP) is 3.65. The third-order valence-corrected chi connectivity index (χ3v) is 5.84. The number of amides is 1. The van der Waals surface area contributed by atoms with E-state index < -0.39 is 0 Å². The average molecular weight is 395 g/mol. The molecule has 1 amide bonds. The zero-order chi connectivity index (χ0) is 20.1. The van der Waals surface area contributed by atoms with E-state index in [9.17, 15) is 4.79 Å². The van der Waals surface area contributed by atoms with Crippen molar-refractivity contribution in [3.63, 3.8) is 0 Å². The number of piperidine rings is 1. The van der Waals surface area contributed by atoms with Crippen molar-refractivity contribution in [2.24, 2.45) is 0 Å². The monoisotopic (exact) mass is 394 g/mol. The maximum Gasteiger partial charge on any atom is 0.219 e. The Hall–Kier alpha value is -2.37. The first-order valence-electron chi connectivity index (χ1n) is 10.6. The molecule has 154 valence electrons. The Morgan fingerprint density at radius 1 is 1.03 bits per heavy atom. The lowest BCUT2D eigenvalue weighted by molar-refractivity contribution is -0.130. The molecule has 2 aromatic rings. The van der Waals surface area contributed by atoms with Gasteiger partial charge < -0.3 is 14.4 Å². The van der Waals surface area contributed by atoms with Gasteiger partial charge in [0.05, 0.1) is 12.7 Å². The lowest BCUT2D eigenvalue weighted by Gasteiger charge is -2.33. The summed E-state index contributed by atoms with van der Waals surface area (Å²) in [5, 5.41) is 0. The molecule has 2 fully saturated rings. The van der Waals surface area contributed by atoms with Crippen molar-refractivity contribution in [1.29, 1.82) is 0 Å². The number of carbonyl (C=O) groups is 1. The van der Waals surface area contributed by atoms with Gasteiger partial charge in [-0.15, -0.1) is 0 Å². The van der Waals surface area contributed by atoms with Crippen LogP contribution in [0.15, 0.2) is 54.6 Å². The van der Waals surface area contributed by atoms with Gasteiger partial charge in [-0.3, -0.25) is 9.69 Å². The van der Waals surface area contributed by atoms with Crippen LogP contribution in [0.4, 0.5) is 0 Å². The maximum absolute atomic E-state index is 11.4. The number of hydrogen-bond acceptors (Lipinski definition) is 4. The van der Waals surface area contributed by atoms with Crippen LogP contribution < -0.4 is 4.74 Å². The number of hydrogen-bond donors (Lipinski definition) is 0. The number of carbonyl (C=O) groups excluding carboxylic acids is 1. The predicted molar refractivity (Wildman–Crippen MR) is 113 cm³/mol. The van der Waals surface area contributed by atoms with Gasteiger partial charge in [0.15, 0.2) is 0 Å². The first-order chi connectivity index (χ1) is 14.2. The molecular formula is C24H30N2O3. The van der Waals surface area contributed by atoms with Crippen LogP contribution in [0.1, 0.15) is 37.0 Å². The number of likely N-dealkylation sites (tertiary alicyclic amines) is 1. The van der Waals surface area contributed by atoms with Gasteiger partial charge in [0, 0.05) is 52.5 Å². The molecule has 1 atom stereocenters. The van der Waals surface area contributed by atoms with Crippen molar-refractivity contribution >= 4 is 5.91 Å². The van der Waals surface area contributed by atoms with Crippen molar-refractivity contribution < 1.29 is 14.3 Å². The van der Waals surface area contributed by atoms with E-state index in [1.807, 2.05) is 17.0 Å². The molecule has 0 aliphatic carbocycles. The fourth-order valence-corrected chi connectivity index (χ4v) is 4.13. The molecule has 0 spiro atoms. The zero-order valence-electron chi connectivity index (χ0n) is 17.1. The van der Waals surface area contributed by atoms with Gasteiger partial charge in [-0.25, -0.2) is 0 Å². The molecule has 5 heteroatoms. The highest BCUT2D eigenvalue weighted by atomic mass is 16.5. The normalized spacial score (nSPS) is 21.1. The van der Waals surface area contributed by atoms with E-state index in [0.29, 0.717) is 0 Å².